The van der Waals surface area contributed by atoms with Crippen molar-refractivity contribution in [3.05, 3.63) is 0 Å². The van der Waals surface area contributed by atoms with Crippen LogP contribution in [0.1, 0.15) is 52.4 Å². The zero-order chi connectivity index (χ0) is 11.3. The number of hydrogen-bond acceptors (Lipinski definition) is 3. The molecule has 0 bridgehead atoms. The molecular formula is C12H26N2O. The van der Waals surface area contributed by atoms with Crippen LogP contribution in [0.25, 0.3) is 0 Å². The number of nitrogens with two attached hydrogens (primary N) is 1. The van der Waals surface area contributed by atoms with Gasteiger partial charge in [0.1, 0.15) is 0 Å². The molecule has 90 valence electrons. The van der Waals surface area contributed by atoms with Crippen LogP contribution in [0.3, 0.4) is 0 Å². The van der Waals surface area contributed by atoms with Crippen molar-refractivity contribution in [3.63, 3.8) is 0 Å². The Balaban J connectivity index is 2.34. The molecule has 0 aliphatic heterocycles. The Morgan fingerprint density at radius 2 is 2.00 bits per heavy atom. The van der Waals surface area contributed by atoms with Crippen LogP contribution < -0.4 is 11.3 Å². The summed E-state index contributed by atoms with van der Waals surface area (Å²) in [4.78, 5) is 0. The molecular weight excluding hydrogens is 188 g/mol. The SMILES string of the molecule is COC1(C(CCCC(C)C)NN)CCC1. The van der Waals surface area contributed by atoms with Crippen molar-refractivity contribution in [2.75, 3.05) is 7.11 Å². The lowest BCUT2D eigenvalue weighted by molar-refractivity contribution is -0.100. The van der Waals surface area contributed by atoms with E-state index >= 15 is 0 Å². The zero-order valence-electron chi connectivity index (χ0n) is 10.4. The summed E-state index contributed by atoms with van der Waals surface area (Å²) in [6.07, 6.45) is 7.22. The lowest BCUT2D eigenvalue weighted by atomic mass is 9.73. The lowest BCUT2D eigenvalue weighted by Crippen LogP contribution is -2.58. The molecule has 1 saturated carbocycles. The van der Waals surface area contributed by atoms with Gasteiger partial charge < -0.3 is 4.74 Å². The van der Waals surface area contributed by atoms with Crippen LogP contribution >= 0.6 is 0 Å². The Bertz CT molecular complexity index is 173. The summed E-state index contributed by atoms with van der Waals surface area (Å²) in [5, 5.41) is 0. The predicted octanol–water partition coefficient (Wildman–Crippen LogP) is 2.21. The normalized spacial score (nSPS) is 21.4. The van der Waals surface area contributed by atoms with Crippen molar-refractivity contribution in [1.29, 1.82) is 0 Å². The van der Waals surface area contributed by atoms with Crippen LogP contribution in [0.5, 0.6) is 0 Å². The van der Waals surface area contributed by atoms with Gasteiger partial charge in [-0.15, -0.1) is 0 Å². The van der Waals surface area contributed by atoms with E-state index in [9.17, 15) is 0 Å². The molecule has 3 heteroatoms. The van der Waals surface area contributed by atoms with Gasteiger partial charge in [0.2, 0.25) is 0 Å². The van der Waals surface area contributed by atoms with Gasteiger partial charge in [-0.3, -0.25) is 11.3 Å². The number of hydrogen-bond donors (Lipinski definition) is 2. The second kappa shape index (κ2) is 5.83. The van der Waals surface area contributed by atoms with Crippen LogP contribution in [-0.2, 0) is 4.74 Å². The Hall–Kier alpha value is -0.120. The monoisotopic (exact) mass is 214 g/mol. The Morgan fingerprint density at radius 3 is 2.33 bits per heavy atom. The van der Waals surface area contributed by atoms with Gasteiger partial charge in [0.15, 0.2) is 0 Å². The second-order valence-electron chi connectivity index (χ2n) is 5.17. The molecule has 1 aliphatic rings. The second-order valence-corrected chi connectivity index (χ2v) is 5.17. The molecule has 0 aromatic heterocycles. The third kappa shape index (κ3) is 3.16. The van der Waals surface area contributed by atoms with E-state index in [-0.39, 0.29) is 5.60 Å². The minimum Gasteiger partial charge on any atom is -0.377 e. The summed E-state index contributed by atoms with van der Waals surface area (Å²) < 4.78 is 5.64. The van der Waals surface area contributed by atoms with Gasteiger partial charge in [0.25, 0.3) is 0 Å². The molecule has 1 aliphatic carbocycles. The maximum Gasteiger partial charge on any atom is 0.0844 e. The van der Waals surface area contributed by atoms with E-state index in [1.165, 1.54) is 19.3 Å². The van der Waals surface area contributed by atoms with Crippen LogP contribution in [-0.4, -0.2) is 18.8 Å². The number of nitrogens with one attached hydrogen (secondary N) is 1. The predicted molar refractivity (Wildman–Crippen MR) is 63.4 cm³/mol. The summed E-state index contributed by atoms with van der Waals surface area (Å²) in [6, 6.07) is 0.329. The van der Waals surface area contributed by atoms with Crippen LogP contribution in [0, 0.1) is 5.92 Å². The maximum absolute atomic E-state index is 5.64. The van der Waals surface area contributed by atoms with Gasteiger partial charge in [-0.1, -0.05) is 26.7 Å². The van der Waals surface area contributed by atoms with Crippen molar-refractivity contribution in [1.82, 2.24) is 5.43 Å². The van der Waals surface area contributed by atoms with Crippen molar-refractivity contribution in [2.24, 2.45) is 11.8 Å². The first-order valence-corrected chi connectivity index (χ1v) is 6.16. The highest BCUT2D eigenvalue weighted by molar-refractivity contribution is 4.98. The minimum atomic E-state index is 0.0335. The number of hydrazine groups is 1. The topological polar surface area (TPSA) is 47.3 Å². The molecule has 0 spiro atoms. The summed E-state index contributed by atoms with van der Waals surface area (Å²) in [5.41, 5.74) is 2.98. The first-order valence-electron chi connectivity index (χ1n) is 6.16. The molecule has 0 aromatic carbocycles. The summed E-state index contributed by atoms with van der Waals surface area (Å²) in [6.45, 7) is 4.53. The molecule has 15 heavy (non-hydrogen) atoms. The fraction of sp³-hybridized carbons (Fsp3) is 1.00. The van der Waals surface area contributed by atoms with Gasteiger partial charge in [-0.2, -0.15) is 0 Å². The first kappa shape index (κ1) is 12.9. The van der Waals surface area contributed by atoms with Crippen LogP contribution in [0.2, 0.25) is 0 Å². The van der Waals surface area contributed by atoms with Gasteiger partial charge in [-0.05, 0) is 31.6 Å². The highest BCUT2D eigenvalue weighted by Gasteiger charge is 2.43. The highest BCUT2D eigenvalue weighted by atomic mass is 16.5. The largest absolute Gasteiger partial charge is 0.377 e. The molecule has 0 heterocycles. The molecule has 1 unspecified atom stereocenters. The Morgan fingerprint density at radius 1 is 1.33 bits per heavy atom. The molecule has 3 N–H and O–H groups in total. The quantitative estimate of drug-likeness (QED) is 0.504. The van der Waals surface area contributed by atoms with E-state index in [0.717, 1.165) is 25.2 Å². The number of methoxy groups -OCH3 is 1. The molecule has 1 fully saturated rings. The van der Waals surface area contributed by atoms with E-state index in [1.807, 2.05) is 7.11 Å². The first-order chi connectivity index (χ1) is 7.14. The third-order valence-electron chi connectivity index (χ3n) is 3.72. The molecule has 0 aromatic rings. The van der Waals surface area contributed by atoms with Crippen molar-refractivity contribution in [3.8, 4) is 0 Å². The van der Waals surface area contributed by atoms with Gasteiger partial charge >= 0.3 is 0 Å². The van der Waals surface area contributed by atoms with E-state index < -0.39 is 0 Å². The molecule has 1 rings (SSSR count). The van der Waals surface area contributed by atoms with Gasteiger partial charge in [0, 0.05) is 7.11 Å². The average Bonchev–Trinajstić information content (AvgIpc) is 2.14. The summed E-state index contributed by atoms with van der Waals surface area (Å²) in [5.74, 6) is 6.41. The molecule has 0 amide bonds. The number of rotatable bonds is 7. The maximum atomic E-state index is 5.64. The summed E-state index contributed by atoms with van der Waals surface area (Å²) >= 11 is 0. The van der Waals surface area contributed by atoms with Crippen LogP contribution in [0.15, 0.2) is 0 Å². The smallest absolute Gasteiger partial charge is 0.0844 e. The summed E-state index contributed by atoms with van der Waals surface area (Å²) in [7, 11) is 1.81. The zero-order valence-corrected chi connectivity index (χ0v) is 10.4. The highest BCUT2D eigenvalue weighted by Crippen LogP contribution is 2.39. The minimum absolute atomic E-state index is 0.0335. The molecule has 0 saturated heterocycles. The van der Waals surface area contributed by atoms with Crippen molar-refractivity contribution < 1.29 is 4.74 Å². The lowest BCUT2D eigenvalue weighted by Gasteiger charge is -2.46. The fourth-order valence-corrected chi connectivity index (χ4v) is 2.45. The van der Waals surface area contributed by atoms with E-state index in [1.54, 1.807) is 0 Å². The van der Waals surface area contributed by atoms with E-state index in [0.29, 0.717) is 6.04 Å². The fourth-order valence-electron chi connectivity index (χ4n) is 2.45. The molecule has 1 atom stereocenters. The average molecular weight is 214 g/mol. The Labute approximate surface area is 93.7 Å². The Kier molecular flexibility index (Phi) is 5.03. The molecule has 0 radical (unpaired) electrons. The van der Waals surface area contributed by atoms with Gasteiger partial charge in [0.05, 0.1) is 11.6 Å². The molecule has 3 nitrogen and oxygen atoms in total. The van der Waals surface area contributed by atoms with Crippen molar-refractivity contribution in [2.45, 2.75) is 64.0 Å². The third-order valence-corrected chi connectivity index (χ3v) is 3.72. The van der Waals surface area contributed by atoms with E-state index in [2.05, 4.69) is 19.3 Å². The van der Waals surface area contributed by atoms with E-state index in [4.69, 9.17) is 10.6 Å². The standard InChI is InChI=1S/C12H26N2O/c1-10(2)6-4-7-11(14-13)12(15-3)8-5-9-12/h10-11,14H,4-9,13H2,1-3H3. The van der Waals surface area contributed by atoms with Gasteiger partial charge in [-0.25, -0.2) is 0 Å². The van der Waals surface area contributed by atoms with Crippen molar-refractivity contribution >= 4 is 0 Å². The van der Waals surface area contributed by atoms with Crippen LogP contribution in [0.4, 0.5) is 0 Å². The number of ether oxygens (including phenoxy) is 1.